The largest absolute Gasteiger partial charge is 0.492 e. The normalized spacial score (nSPS) is 11.4. The van der Waals surface area contributed by atoms with Crippen molar-refractivity contribution < 1.29 is 17.9 Å². The number of rotatable bonds is 8. The first-order valence-electron chi connectivity index (χ1n) is 8.96. The number of carbonyl (C=O) groups excluding carboxylic acids is 1. The predicted octanol–water partition coefficient (Wildman–Crippen LogP) is 3.00. The fourth-order valence-corrected chi connectivity index (χ4v) is 3.60. The molecule has 0 bridgehead atoms. The SMILES string of the molecule is CCOc1ccccc1NC(=O)CNc1cc(S(=O)(=O)N(C)C)cc(C)c1C. The molecule has 0 aromatic heterocycles. The summed E-state index contributed by atoms with van der Waals surface area (Å²) in [6.07, 6.45) is 0. The van der Waals surface area contributed by atoms with Crippen molar-refractivity contribution in [1.29, 1.82) is 0 Å². The minimum atomic E-state index is -3.56. The van der Waals surface area contributed by atoms with E-state index < -0.39 is 10.0 Å². The zero-order valence-corrected chi connectivity index (χ0v) is 17.7. The van der Waals surface area contributed by atoms with Crippen LogP contribution in [0.2, 0.25) is 0 Å². The predicted molar refractivity (Wildman–Crippen MR) is 112 cm³/mol. The summed E-state index contributed by atoms with van der Waals surface area (Å²) < 4.78 is 31.5. The van der Waals surface area contributed by atoms with Gasteiger partial charge in [0.05, 0.1) is 23.7 Å². The van der Waals surface area contributed by atoms with Gasteiger partial charge in [0.2, 0.25) is 15.9 Å². The molecule has 152 valence electrons. The average Bonchev–Trinajstić information content (AvgIpc) is 2.64. The third-order valence-corrected chi connectivity index (χ3v) is 6.11. The standard InChI is InChI=1S/C20H27N3O4S/c1-6-27-19-10-8-7-9-17(19)22-20(24)13-21-18-12-16(11-14(2)15(18)3)28(25,26)23(4)5/h7-12,21H,6,13H2,1-5H3,(H,22,24). The lowest BCUT2D eigenvalue weighted by Crippen LogP contribution is -2.24. The first-order chi connectivity index (χ1) is 13.2. The number of nitrogens with one attached hydrogen (secondary N) is 2. The number of amides is 1. The molecule has 0 radical (unpaired) electrons. The quantitative estimate of drug-likeness (QED) is 0.705. The molecule has 0 heterocycles. The maximum Gasteiger partial charge on any atom is 0.243 e. The van der Waals surface area contributed by atoms with Gasteiger partial charge < -0.3 is 15.4 Å². The lowest BCUT2D eigenvalue weighted by molar-refractivity contribution is -0.114. The van der Waals surface area contributed by atoms with Crippen LogP contribution in [-0.4, -0.2) is 45.9 Å². The van der Waals surface area contributed by atoms with Crippen LogP contribution in [-0.2, 0) is 14.8 Å². The van der Waals surface area contributed by atoms with Crippen molar-refractivity contribution in [1.82, 2.24) is 4.31 Å². The molecule has 0 aliphatic carbocycles. The second-order valence-electron chi connectivity index (χ2n) is 6.53. The van der Waals surface area contributed by atoms with Gasteiger partial charge in [-0.25, -0.2) is 12.7 Å². The van der Waals surface area contributed by atoms with E-state index in [0.717, 1.165) is 15.4 Å². The monoisotopic (exact) mass is 405 g/mol. The molecule has 2 aromatic rings. The first-order valence-corrected chi connectivity index (χ1v) is 10.4. The van der Waals surface area contributed by atoms with Gasteiger partial charge in [-0.05, 0) is 56.2 Å². The Morgan fingerprint density at radius 1 is 1.11 bits per heavy atom. The van der Waals surface area contributed by atoms with Crippen LogP contribution in [0.3, 0.4) is 0 Å². The summed E-state index contributed by atoms with van der Waals surface area (Å²) >= 11 is 0. The topological polar surface area (TPSA) is 87.7 Å². The van der Waals surface area contributed by atoms with Gasteiger partial charge in [0, 0.05) is 19.8 Å². The molecule has 28 heavy (non-hydrogen) atoms. The van der Waals surface area contributed by atoms with E-state index in [1.165, 1.54) is 14.1 Å². The third kappa shape index (κ3) is 5.02. The molecule has 2 rings (SSSR count). The summed E-state index contributed by atoms with van der Waals surface area (Å²) in [4.78, 5) is 12.6. The van der Waals surface area contributed by atoms with Gasteiger partial charge in [-0.15, -0.1) is 0 Å². The molecule has 0 spiro atoms. The van der Waals surface area contributed by atoms with Crippen LogP contribution in [0.1, 0.15) is 18.1 Å². The van der Waals surface area contributed by atoms with Crippen molar-refractivity contribution in [3.05, 3.63) is 47.5 Å². The molecule has 0 fully saturated rings. The number of para-hydroxylation sites is 2. The Balaban J connectivity index is 2.16. The Labute approximate surface area is 166 Å². The number of hydrogen-bond acceptors (Lipinski definition) is 5. The Bertz CT molecular complexity index is 956. The van der Waals surface area contributed by atoms with E-state index >= 15 is 0 Å². The molecule has 2 N–H and O–H groups in total. The van der Waals surface area contributed by atoms with Gasteiger partial charge in [0.15, 0.2) is 0 Å². The van der Waals surface area contributed by atoms with Gasteiger partial charge in [0.25, 0.3) is 0 Å². The molecule has 2 aromatic carbocycles. The van der Waals surface area contributed by atoms with E-state index in [1.54, 1.807) is 24.3 Å². The average molecular weight is 406 g/mol. The molecule has 1 amide bonds. The zero-order chi connectivity index (χ0) is 20.9. The van der Waals surface area contributed by atoms with Crippen molar-refractivity contribution in [2.75, 3.05) is 37.9 Å². The number of nitrogens with zero attached hydrogens (tertiary/aromatic N) is 1. The highest BCUT2D eigenvalue weighted by atomic mass is 32.2. The van der Waals surface area contributed by atoms with Crippen molar-refractivity contribution >= 4 is 27.3 Å². The maximum absolute atomic E-state index is 12.4. The Morgan fingerprint density at radius 3 is 2.43 bits per heavy atom. The molecule has 0 aliphatic rings. The minimum absolute atomic E-state index is 0.00773. The summed E-state index contributed by atoms with van der Waals surface area (Å²) in [6.45, 7) is 6.09. The highest BCUT2D eigenvalue weighted by Gasteiger charge is 2.19. The van der Waals surface area contributed by atoms with E-state index in [-0.39, 0.29) is 17.3 Å². The van der Waals surface area contributed by atoms with E-state index in [4.69, 9.17) is 4.74 Å². The lowest BCUT2D eigenvalue weighted by Gasteiger charge is -2.17. The molecule has 7 nitrogen and oxygen atoms in total. The second-order valence-corrected chi connectivity index (χ2v) is 8.68. The summed E-state index contributed by atoms with van der Waals surface area (Å²) in [5.74, 6) is 0.342. The number of carbonyl (C=O) groups is 1. The van der Waals surface area contributed by atoms with Crippen molar-refractivity contribution in [3.8, 4) is 5.75 Å². The van der Waals surface area contributed by atoms with Crippen molar-refractivity contribution in [3.63, 3.8) is 0 Å². The van der Waals surface area contributed by atoms with Gasteiger partial charge in [-0.3, -0.25) is 4.79 Å². The maximum atomic E-state index is 12.4. The molecule has 0 aliphatic heterocycles. The minimum Gasteiger partial charge on any atom is -0.492 e. The van der Waals surface area contributed by atoms with Crippen LogP contribution in [0, 0.1) is 13.8 Å². The molecule has 0 saturated heterocycles. The Hall–Kier alpha value is -2.58. The summed E-state index contributed by atoms with van der Waals surface area (Å²) in [5, 5.41) is 5.85. The smallest absolute Gasteiger partial charge is 0.243 e. The van der Waals surface area contributed by atoms with E-state index in [1.807, 2.05) is 32.9 Å². The third-order valence-electron chi connectivity index (χ3n) is 4.32. The van der Waals surface area contributed by atoms with Crippen LogP contribution in [0.4, 0.5) is 11.4 Å². The number of aryl methyl sites for hydroxylation is 1. The Kier molecular flexibility index (Phi) is 7.04. The van der Waals surface area contributed by atoms with Crippen LogP contribution >= 0.6 is 0 Å². The van der Waals surface area contributed by atoms with Crippen molar-refractivity contribution in [2.24, 2.45) is 0 Å². The molecule has 0 unspecified atom stereocenters. The number of anilines is 2. The van der Waals surface area contributed by atoms with E-state index in [9.17, 15) is 13.2 Å². The highest BCUT2D eigenvalue weighted by molar-refractivity contribution is 7.89. The fourth-order valence-electron chi connectivity index (χ4n) is 2.59. The van der Waals surface area contributed by atoms with Crippen LogP contribution in [0.25, 0.3) is 0 Å². The van der Waals surface area contributed by atoms with Gasteiger partial charge >= 0.3 is 0 Å². The molecule has 8 heteroatoms. The highest BCUT2D eigenvalue weighted by Crippen LogP contribution is 2.26. The fraction of sp³-hybridized carbons (Fsp3) is 0.350. The molecular weight excluding hydrogens is 378 g/mol. The summed E-state index contributed by atoms with van der Waals surface area (Å²) in [5.41, 5.74) is 2.91. The lowest BCUT2D eigenvalue weighted by atomic mass is 10.1. The summed E-state index contributed by atoms with van der Waals surface area (Å²) in [6, 6.07) is 10.4. The van der Waals surface area contributed by atoms with E-state index in [2.05, 4.69) is 10.6 Å². The zero-order valence-electron chi connectivity index (χ0n) is 16.9. The Morgan fingerprint density at radius 2 is 1.79 bits per heavy atom. The number of hydrogen-bond donors (Lipinski definition) is 2. The van der Waals surface area contributed by atoms with Crippen LogP contribution in [0.5, 0.6) is 5.75 Å². The van der Waals surface area contributed by atoms with Crippen LogP contribution in [0.15, 0.2) is 41.3 Å². The molecule has 0 saturated carbocycles. The van der Waals surface area contributed by atoms with Gasteiger partial charge in [0.1, 0.15) is 5.75 Å². The molecular formula is C20H27N3O4S. The summed E-state index contributed by atoms with van der Waals surface area (Å²) in [7, 11) is -0.587. The number of sulfonamides is 1. The van der Waals surface area contributed by atoms with Crippen LogP contribution < -0.4 is 15.4 Å². The number of ether oxygens (including phenoxy) is 1. The molecule has 0 atom stereocenters. The van der Waals surface area contributed by atoms with Gasteiger partial charge in [-0.2, -0.15) is 0 Å². The first kappa shape index (κ1) is 21.7. The van der Waals surface area contributed by atoms with Gasteiger partial charge in [-0.1, -0.05) is 12.1 Å². The number of benzene rings is 2. The van der Waals surface area contributed by atoms with Crippen molar-refractivity contribution in [2.45, 2.75) is 25.7 Å². The van der Waals surface area contributed by atoms with E-state index in [0.29, 0.717) is 23.7 Å². The second kappa shape index (κ2) is 9.07.